The lowest BCUT2D eigenvalue weighted by Gasteiger charge is -2.13. The molecule has 0 radical (unpaired) electrons. The number of hydrogen-bond acceptors (Lipinski definition) is 2. The van der Waals surface area contributed by atoms with E-state index in [9.17, 15) is 0 Å². The van der Waals surface area contributed by atoms with Crippen LogP contribution in [0.5, 0.6) is 0 Å². The summed E-state index contributed by atoms with van der Waals surface area (Å²) in [6.45, 7) is 9.37. The van der Waals surface area contributed by atoms with Gasteiger partial charge in [0.2, 0.25) is 5.95 Å². The Morgan fingerprint density at radius 3 is 2.74 bits per heavy atom. The van der Waals surface area contributed by atoms with Gasteiger partial charge in [0.15, 0.2) is 0 Å². The van der Waals surface area contributed by atoms with E-state index in [1.165, 1.54) is 5.56 Å². The van der Waals surface area contributed by atoms with Crippen LogP contribution in [0.2, 0.25) is 5.02 Å². The van der Waals surface area contributed by atoms with E-state index in [0.717, 1.165) is 23.9 Å². The van der Waals surface area contributed by atoms with E-state index in [4.69, 9.17) is 11.6 Å². The van der Waals surface area contributed by atoms with Crippen LogP contribution in [0.1, 0.15) is 25.1 Å². The average Bonchev–Trinajstić information content (AvgIpc) is 2.63. The van der Waals surface area contributed by atoms with Crippen LogP contribution >= 0.6 is 11.6 Å². The number of aromatic nitrogens is 2. The lowest BCUT2D eigenvalue weighted by Crippen LogP contribution is -2.07. The lowest BCUT2D eigenvalue weighted by molar-refractivity contribution is 0.527. The van der Waals surface area contributed by atoms with Gasteiger partial charge in [-0.2, -0.15) is 0 Å². The second kappa shape index (κ2) is 5.66. The molecule has 102 valence electrons. The Morgan fingerprint density at radius 1 is 1.32 bits per heavy atom. The zero-order valence-corrected chi connectivity index (χ0v) is 12.6. The minimum absolute atomic E-state index is 0.571. The normalized spacial score (nSPS) is 11.1. The largest absolute Gasteiger partial charge is 0.324 e. The Hall–Kier alpha value is -1.48. The number of nitrogens with zero attached hydrogens (tertiary/aromatic N) is 2. The molecular formula is C15H20ClN3. The van der Waals surface area contributed by atoms with Gasteiger partial charge in [-0.25, -0.2) is 4.98 Å². The molecule has 0 aliphatic heterocycles. The molecule has 1 aromatic carbocycles. The molecule has 2 aromatic rings. The minimum atomic E-state index is 0.571. The molecule has 1 heterocycles. The van der Waals surface area contributed by atoms with Crippen molar-refractivity contribution in [2.75, 3.05) is 5.32 Å². The summed E-state index contributed by atoms with van der Waals surface area (Å²) in [4.78, 5) is 4.52. The third-order valence-electron chi connectivity index (χ3n) is 2.83. The molecule has 4 heteroatoms. The summed E-state index contributed by atoms with van der Waals surface area (Å²) in [5.41, 5.74) is 3.08. The second-order valence-corrected chi connectivity index (χ2v) is 5.77. The molecule has 0 fully saturated rings. The van der Waals surface area contributed by atoms with Crippen molar-refractivity contribution in [2.45, 2.75) is 34.2 Å². The average molecular weight is 278 g/mol. The minimum Gasteiger partial charge on any atom is -0.324 e. The molecule has 1 aromatic heterocycles. The quantitative estimate of drug-likeness (QED) is 0.888. The van der Waals surface area contributed by atoms with E-state index >= 15 is 0 Å². The number of aryl methyl sites for hydroxylation is 2. The zero-order chi connectivity index (χ0) is 14.0. The first kappa shape index (κ1) is 13.9. The maximum absolute atomic E-state index is 6.21. The Morgan fingerprint density at radius 2 is 2.05 bits per heavy atom. The molecule has 0 aliphatic carbocycles. The highest BCUT2D eigenvalue weighted by molar-refractivity contribution is 6.33. The number of imidazole rings is 1. The van der Waals surface area contributed by atoms with Gasteiger partial charge in [-0.1, -0.05) is 31.5 Å². The van der Waals surface area contributed by atoms with Crippen molar-refractivity contribution in [1.29, 1.82) is 0 Å². The molecule has 19 heavy (non-hydrogen) atoms. The molecule has 0 aliphatic rings. The summed E-state index contributed by atoms with van der Waals surface area (Å²) in [6, 6.07) is 5.94. The van der Waals surface area contributed by atoms with Gasteiger partial charge < -0.3 is 9.88 Å². The summed E-state index contributed by atoms with van der Waals surface area (Å²) < 4.78 is 2.14. The van der Waals surface area contributed by atoms with Crippen molar-refractivity contribution in [3.8, 4) is 0 Å². The van der Waals surface area contributed by atoms with E-state index in [1.807, 2.05) is 32.0 Å². The van der Waals surface area contributed by atoms with Crippen molar-refractivity contribution in [3.05, 3.63) is 40.7 Å². The van der Waals surface area contributed by atoms with Crippen molar-refractivity contribution in [1.82, 2.24) is 9.55 Å². The molecule has 0 saturated heterocycles. The number of nitrogens with one attached hydrogen (secondary N) is 1. The van der Waals surface area contributed by atoms with Gasteiger partial charge in [-0.05, 0) is 37.5 Å². The highest BCUT2D eigenvalue weighted by Gasteiger charge is 2.09. The molecule has 0 atom stereocenters. The van der Waals surface area contributed by atoms with E-state index in [0.29, 0.717) is 10.9 Å². The van der Waals surface area contributed by atoms with Crippen molar-refractivity contribution in [2.24, 2.45) is 5.92 Å². The monoisotopic (exact) mass is 277 g/mol. The topological polar surface area (TPSA) is 29.9 Å². The van der Waals surface area contributed by atoms with Crippen LogP contribution in [0.3, 0.4) is 0 Å². The maximum Gasteiger partial charge on any atom is 0.207 e. The van der Waals surface area contributed by atoms with Crippen molar-refractivity contribution in [3.63, 3.8) is 0 Å². The molecule has 3 nitrogen and oxygen atoms in total. The molecule has 0 bridgehead atoms. The molecule has 0 unspecified atom stereocenters. The Labute approximate surface area is 119 Å². The van der Waals surface area contributed by atoms with Crippen molar-refractivity contribution < 1.29 is 0 Å². The predicted molar refractivity (Wildman–Crippen MR) is 81.3 cm³/mol. The van der Waals surface area contributed by atoms with Crippen LogP contribution in [-0.2, 0) is 6.54 Å². The third kappa shape index (κ3) is 3.51. The first-order valence-corrected chi connectivity index (χ1v) is 6.90. The van der Waals surface area contributed by atoms with Crippen LogP contribution < -0.4 is 5.32 Å². The Balaban J connectivity index is 2.29. The number of anilines is 2. The standard InChI is InChI=1S/C15H20ClN3/c1-10(2)8-19-9-12(4)17-15(19)18-14-7-11(3)5-6-13(14)16/h5-7,9-10H,8H2,1-4H3,(H,17,18). The fourth-order valence-corrected chi connectivity index (χ4v) is 2.20. The Bertz CT molecular complexity index is 573. The summed E-state index contributed by atoms with van der Waals surface area (Å²) in [5.74, 6) is 1.42. The Kier molecular flexibility index (Phi) is 4.15. The smallest absolute Gasteiger partial charge is 0.207 e. The molecule has 2 rings (SSSR count). The maximum atomic E-state index is 6.21. The van der Waals surface area contributed by atoms with Gasteiger partial charge in [0.25, 0.3) is 0 Å². The van der Waals surface area contributed by atoms with Crippen LogP contribution in [0.4, 0.5) is 11.6 Å². The fourth-order valence-electron chi connectivity index (χ4n) is 2.03. The molecular weight excluding hydrogens is 258 g/mol. The van der Waals surface area contributed by atoms with Crippen LogP contribution in [0.15, 0.2) is 24.4 Å². The van der Waals surface area contributed by atoms with Gasteiger partial charge in [-0.3, -0.25) is 0 Å². The first-order chi connectivity index (χ1) is 8.95. The summed E-state index contributed by atoms with van der Waals surface area (Å²) in [5, 5.41) is 4.04. The van der Waals surface area contributed by atoms with E-state index in [1.54, 1.807) is 0 Å². The fraction of sp³-hybridized carbons (Fsp3) is 0.400. The number of halogens is 1. The molecule has 0 saturated carbocycles. The van der Waals surface area contributed by atoms with Crippen molar-refractivity contribution >= 4 is 23.2 Å². The van der Waals surface area contributed by atoms with Crippen LogP contribution in [0.25, 0.3) is 0 Å². The molecule has 1 N–H and O–H groups in total. The lowest BCUT2D eigenvalue weighted by atomic mass is 10.2. The summed E-state index contributed by atoms with van der Waals surface area (Å²) >= 11 is 6.21. The third-order valence-corrected chi connectivity index (χ3v) is 3.16. The first-order valence-electron chi connectivity index (χ1n) is 6.52. The zero-order valence-electron chi connectivity index (χ0n) is 11.9. The van der Waals surface area contributed by atoms with Gasteiger partial charge in [-0.15, -0.1) is 0 Å². The number of rotatable bonds is 4. The highest BCUT2D eigenvalue weighted by Crippen LogP contribution is 2.26. The van der Waals surface area contributed by atoms with Gasteiger partial charge >= 0.3 is 0 Å². The number of benzene rings is 1. The van der Waals surface area contributed by atoms with E-state index in [2.05, 4.69) is 34.9 Å². The molecule has 0 amide bonds. The van der Waals surface area contributed by atoms with Gasteiger partial charge in [0.05, 0.1) is 16.4 Å². The van der Waals surface area contributed by atoms with Gasteiger partial charge in [0, 0.05) is 12.7 Å². The van der Waals surface area contributed by atoms with Gasteiger partial charge in [0.1, 0.15) is 0 Å². The summed E-state index contributed by atoms with van der Waals surface area (Å²) in [7, 11) is 0. The predicted octanol–water partition coefficient (Wildman–Crippen LogP) is 4.55. The highest BCUT2D eigenvalue weighted by atomic mass is 35.5. The molecule has 0 spiro atoms. The van der Waals surface area contributed by atoms with E-state index < -0.39 is 0 Å². The van der Waals surface area contributed by atoms with Crippen LogP contribution in [-0.4, -0.2) is 9.55 Å². The summed E-state index contributed by atoms with van der Waals surface area (Å²) in [6.07, 6.45) is 2.06. The SMILES string of the molecule is Cc1ccc(Cl)c(Nc2nc(C)cn2CC(C)C)c1. The number of hydrogen-bond donors (Lipinski definition) is 1. The van der Waals surface area contributed by atoms with E-state index in [-0.39, 0.29) is 0 Å². The second-order valence-electron chi connectivity index (χ2n) is 5.36. The van der Waals surface area contributed by atoms with Crippen LogP contribution in [0, 0.1) is 19.8 Å².